The summed E-state index contributed by atoms with van der Waals surface area (Å²) in [7, 11) is -3.29. The number of rotatable bonds is 2. The second kappa shape index (κ2) is 5.01. The minimum absolute atomic E-state index is 0.0691. The first-order valence-corrected chi connectivity index (χ1v) is 9.16. The fraction of sp³-hybridized carbons (Fsp3) is 0.333. The molecule has 0 spiro atoms. The highest BCUT2D eigenvalue weighted by atomic mass is 35.5. The van der Waals surface area contributed by atoms with Crippen molar-refractivity contribution < 1.29 is 8.42 Å². The summed E-state index contributed by atoms with van der Waals surface area (Å²) in [6.45, 7) is 0. The van der Waals surface area contributed by atoms with E-state index in [1.54, 1.807) is 12.1 Å². The first kappa shape index (κ1) is 14.4. The minimum atomic E-state index is -3.29. The lowest BCUT2D eigenvalue weighted by atomic mass is 9.92. The highest BCUT2D eigenvalue weighted by molar-refractivity contribution is 8.19. The number of halogens is 1. The van der Waals surface area contributed by atoms with Crippen molar-refractivity contribution >= 4 is 38.8 Å². The van der Waals surface area contributed by atoms with Crippen LogP contribution >= 0.6 is 23.4 Å². The molecule has 0 aliphatic carbocycles. The SMILES string of the molecule is CS(=O)(=O)C1=C(c2ccc(Cl)cc2)C2C(N)NNC2S1. The molecule has 3 atom stereocenters. The van der Waals surface area contributed by atoms with Gasteiger partial charge in [-0.25, -0.2) is 19.3 Å². The number of benzene rings is 1. The van der Waals surface area contributed by atoms with E-state index in [-0.39, 0.29) is 17.5 Å². The number of thioether (sulfide) groups is 1. The van der Waals surface area contributed by atoms with Crippen LogP contribution in [-0.2, 0) is 9.84 Å². The Labute approximate surface area is 126 Å². The number of fused-ring (bicyclic) bond motifs is 1. The number of hydrazine groups is 1. The zero-order chi connectivity index (χ0) is 14.5. The van der Waals surface area contributed by atoms with Gasteiger partial charge in [0.25, 0.3) is 0 Å². The van der Waals surface area contributed by atoms with E-state index in [1.807, 2.05) is 12.1 Å². The Balaban J connectivity index is 2.16. The highest BCUT2D eigenvalue weighted by Crippen LogP contribution is 2.50. The molecule has 5 nitrogen and oxygen atoms in total. The van der Waals surface area contributed by atoms with Gasteiger partial charge in [0.1, 0.15) is 4.24 Å². The predicted octanol–water partition coefficient (Wildman–Crippen LogP) is 1.13. The van der Waals surface area contributed by atoms with Crippen molar-refractivity contribution in [3.63, 3.8) is 0 Å². The number of hydrogen-bond acceptors (Lipinski definition) is 6. The third kappa shape index (κ3) is 2.38. The second-order valence-electron chi connectivity index (χ2n) is 4.86. The van der Waals surface area contributed by atoms with Crippen LogP contribution in [0.1, 0.15) is 5.56 Å². The Morgan fingerprint density at radius 3 is 2.50 bits per heavy atom. The Bertz CT molecular complexity index is 672. The van der Waals surface area contributed by atoms with Gasteiger partial charge in [-0.05, 0) is 23.3 Å². The molecule has 1 saturated heterocycles. The summed E-state index contributed by atoms with van der Waals surface area (Å²) in [6.07, 6.45) is 0.906. The van der Waals surface area contributed by atoms with Gasteiger partial charge in [-0.15, -0.1) is 0 Å². The Morgan fingerprint density at radius 2 is 1.90 bits per heavy atom. The third-order valence-electron chi connectivity index (χ3n) is 3.38. The summed E-state index contributed by atoms with van der Waals surface area (Å²) >= 11 is 7.20. The average molecular weight is 332 g/mol. The summed E-state index contributed by atoms with van der Waals surface area (Å²) in [5.41, 5.74) is 13.6. The maximum absolute atomic E-state index is 12.0. The van der Waals surface area contributed by atoms with Gasteiger partial charge in [-0.3, -0.25) is 0 Å². The predicted molar refractivity (Wildman–Crippen MR) is 82.3 cm³/mol. The maximum atomic E-state index is 12.0. The first-order valence-electron chi connectivity index (χ1n) is 6.01. The molecule has 0 saturated carbocycles. The van der Waals surface area contributed by atoms with Crippen molar-refractivity contribution in [1.82, 2.24) is 10.9 Å². The van der Waals surface area contributed by atoms with Crippen LogP contribution in [0.2, 0.25) is 5.02 Å². The second-order valence-corrected chi connectivity index (χ2v) is 8.66. The van der Waals surface area contributed by atoms with E-state index >= 15 is 0 Å². The fourth-order valence-corrected chi connectivity index (χ4v) is 5.50. The molecule has 20 heavy (non-hydrogen) atoms. The van der Waals surface area contributed by atoms with E-state index < -0.39 is 9.84 Å². The van der Waals surface area contributed by atoms with E-state index in [9.17, 15) is 8.42 Å². The van der Waals surface area contributed by atoms with E-state index in [0.717, 1.165) is 11.1 Å². The molecule has 3 unspecified atom stereocenters. The molecule has 0 amide bonds. The molecule has 8 heteroatoms. The van der Waals surface area contributed by atoms with E-state index in [2.05, 4.69) is 10.9 Å². The monoisotopic (exact) mass is 331 g/mol. The third-order valence-corrected chi connectivity index (χ3v) is 6.83. The van der Waals surface area contributed by atoms with E-state index in [1.165, 1.54) is 18.0 Å². The van der Waals surface area contributed by atoms with Gasteiger partial charge in [0.2, 0.25) is 0 Å². The number of hydrogen-bond donors (Lipinski definition) is 3. The van der Waals surface area contributed by atoms with Crippen molar-refractivity contribution in [1.29, 1.82) is 0 Å². The van der Waals surface area contributed by atoms with Crippen LogP contribution in [0, 0.1) is 5.92 Å². The summed E-state index contributed by atoms with van der Waals surface area (Å²) in [5, 5.41) is 0.546. The summed E-state index contributed by atoms with van der Waals surface area (Å²) in [6, 6.07) is 7.17. The lowest BCUT2D eigenvalue weighted by Crippen LogP contribution is -2.39. The Hall–Kier alpha value is -0.570. The van der Waals surface area contributed by atoms with E-state index in [0.29, 0.717) is 9.26 Å². The molecular weight excluding hydrogens is 318 g/mol. The smallest absolute Gasteiger partial charge is 0.181 e. The molecule has 1 aromatic carbocycles. The quantitative estimate of drug-likeness (QED) is 0.753. The van der Waals surface area contributed by atoms with Crippen molar-refractivity contribution in [2.24, 2.45) is 11.7 Å². The molecule has 3 rings (SSSR count). The van der Waals surface area contributed by atoms with Crippen LogP contribution in [0.5, 0.6) is 0 Å². The standard InChI is InChI=1S/C12H14ClN3O2S2/c1-20(17,18)12-8(6-2-4-7(13)5-3-6)9-10(14)15-16-11(9)19-12/h2-5,9-11,15-16H,14H2,1H3. The van der Waals surface area contributed by atoms with Crippen molar-refractivity contribution in [2.75, 3.05) is 6.26 Å². The number of nitrogens with two attached hydrogens (primary N) is 1. The molecule has 108 valence electrons. The number of nitrogens with one attached hydrogen (secondary N) is 2. The average Bonchev–Trinajstić information content (AvgIpc) is 2.91. The van der Waals surface area contributed by atoms with Gasteiger partial charge in [0.05, 0.1) is 11.5 Å². The molecular formula is C12H14ClN3O2S2. The Kier molecular flexibility index (Phi) is 3.60. The lowest BCUT2D eigenvalue weighted by molar-refractivity contribution is 0.539. The van der Waals surface area contributed by atoms with Crippen LogP contribution in [0.15, 0.2) is 28.5 Å². The zero-order valence-electron chi connectivity index (χ0n) is 10.6. The van der Waals surface area contributed by atoms with Crippen molar-refractivity contribution in [3.05, 3.63) is 39.1 Å². The topological polar surface area (TPSA) is 84.2 Å². The fourth-order valence-electron chi connectivity index (χ4n) is 2.52. The van der Waals surface area contributed by atoms with Gasteiger partial charge in [-0.1, -0.05) is 35.5 Å². The van der Waals surface area contributed by atoms with Crippen LogP contribution in [-0.4, -0.2) is 26.2 Å². The summed E-state index contributed by atoms with van der Waals surface area (Å²) < 4.78 is 24.4. The molecule has 1 aromatic rings. The first-order chi connectivity index (χ1) is 9.38. The molecule has 0 radical (unpaired) electrons. The van der Waals surface area contributed by atoms with Gasteiger partial charge in [0, 0.05) is 17.2 Å². The van der Waals surface area contributed by atoms with Gasteiger partial charge >= 0.3 is 0 Å². The highest BCUT2D eigenvalue weighted by Gasteiger charge is 2.46. The van der Waals surface area contributed by atoms with Gasteiger partial charge in [-0.2, -0.15) is 0 Å². The molecule has 2 aliphatic heterocycles. The molecule has 2 aliphatic rings. The molecule has 0 bridgehead atoms. The van der Waals surface area contributed by atoms with Crippen molar-refractivity contribution in [2.45, 2.75) is 11.5 Å². The van der Waals surface area contributed by atoms with Crippen LogP contribution in [0.25, 0.3) is 5.57 Å². The van der Waals surface area contributed by atoms with Crippen molar-refractivity contribution in [3.8, 4) is 0 Å². The number of sulfone groups is 1. The van der Waals surface area contributed by atoms with Crippen LogP contribution in [0.4, 0.5) is 0 Å². The summed E-state index contributed by atoms with van der Waals surface area (Å²) in [5.74, 6) is -0.0918. The van der Waals surface area contributed by atoms with Gasteiger partial charge in [0.15, 0.2) is 9.84 Å². The van der Waals surface area contributed by atoms with Gasteiger partial charge < -0.3 is 5.73 Å². The molecule has 4 N–H and O–H groups in total. The molecule has 0 aromatic heterocycles. The molecule has 2 heterocycles. The lowest BCUT2D eigenvalue weighted by Gasteiger charge is -2.17. The normalized spacial score (nSPS) is 29.9. The van der Waals surface area contributed by atoms with Crippen LogP contribution in [0.3, 0.4) is 0 Å². The minimum Gasteiger partial charge on any atom is -0.314 e. The zero-order valence-corrected chi connectivity index (χ0v) is 13.0. The van der Waals surface area contributed by atoms with E-state index in [4.69, 9.17) is 17.3 Å². The van der Waals surface area contributed by atoms with Crippen LogP contribution < -0.4 is 16.6 Å². The largest absolute Gasteiger partial charge is 0.314 e. The molecule has 1 fully saturated rings. The summed E-state index contributed by atoms with van der Waals surface area (Å²) in [4.78, 5) is 0. The Morgan fingerprint density at radius 1 is 1.25 bits per heavy atom. The maximum Gasteiger partial charge on any atom is 0.181 e.